The molecule has 0 fully saturated rings. The van der Waals surface area contributed by atoms with Gasteiger partial charge in [0.1, 0.15) is 0 Å². The third kappa shape index (κ3) is 6.87. The molecule has 0 saturated carbocycles. The van der Waals surface area contributed by atoms with Crippen LogP contribution in [-0.2, 0) is 9.59 Å². The molecule has 0 aromatic rings. The number of nitrogens with zero attached hydrogens (tertiary/aromatic N) is 1. The van der Waals surface area contributed by atoms with Gasteiger partial charge in [-0.3, -0.25) is 4.79 Å². The number of carbonyl (C=O) groups excluding carboxylic acids is 2. The number of rotatable bonds is 8. The van der Waals surface area contributed by atoms with Crippen molar-refractivity contribution in [2.75, 3.05) is 13.1 Å². The second kappa shape index (κ2) is 11.3. The van der Waals surface area contributed by atoms with E-state index < -0.39 is 5.97 Å². The normalized spacial score (nSPS) is 21.9. The van der Waals surface area contributed by atoms with Gasteiger partial charge >= 0.3 is 29.6 Å². The summed E-state index contributed by atoms with van der Waals surface area (Å²) in [6.07, 6.45) is 3.84. The predicted octanol–water partition coefficient (Wildman–Crippen LogP) is -1.66. The third-order valence-electron chi connectivity index (χ3n) is 4.73. The van der Waals surface area contributed by atoms with E-state index >= 15 is 0 Å². The number of hydrogen-bond donors (Lipinski definition) is 1. The first-order chi connectivity index (χ1) is 10.8. The van der Waals surface area contributed by atoms with Crippen molar-refractivity contribution < 1.29 is 44.3 Å². The zero-order valence-corrected chi connectivity index (χ0v) is 18.1. The van der Waals surface area contributed by atoms with Gasteiger partial charge in [-0.1, -0.05) is 33.8 Å². The van der Waals surface area contributed by atoms with Crippen LogP contribution in [0.5, 0.6) is 0 Å². The number of carboxylic acid groups (broad SMARTS) is 1. The summed E-state index contributed by atoms with van der Waals surface area (Å²) in [6.45, 7) is 11.8. The summed E-state index contributed by atoms with van der Waals surface area (Å²) in [5.74, 6) is -0.399. The molecule has 0 heterocycles. The molecule has 0 radical (unpaired) electrons. The van der Waals surface area contributed by atoms with Crippen LogP contribution in [-0.4, -0.2) is 41.9 Å². The van der Waals surface area contributed by atoms with Gasteiger partial charge in [0.2, 0.25) is 5.91 Å². The van der Waals surface area contributed by atoms with Crippen LogP contribution in [0, 0.1) is 11.8 Å². The van der Waals surface area contributed by atoms with Gasteiger partial charge in [0.25, 0.3) is 0 Å². The topological polar surface area (TPSA) is 72.5 Å². The first kappa shape index (κ1) is 23.6. The van der Waals surface area contributed by atoms with Crippen molar-refractivity contribution in [3.05, 3.63) is 11.6 Å². The number of aliphatic carboxylic acids is 1. The molecule has 0 aromatic carbocycles. The van der Waals surface area contributed by atoms with Gasteiger partial charge in [0.05, 0.1) is 5.97 Å². The molecule has 1 aliphatic carbocycles. The Labute approximate surface area is 168 Å². The van der Waals surface area contributed by atoms with Crippen LogP contribution in [0.4, 0.5) is 0 Å². The Morgan fingerprint density at radius 1 is 1.33 bits per heavy atom. The monoisotopic (exact) mass is 346 g/mol. The molecule has 0 spiro atoms. The van der Waals surface area contributed by atoms with E-state index in [-0.39, 0.29) is 53.5 Å². The summed E-state index contributed by atoms with van der Waals surface area (Å²) in [5, 5.41) is 14.4. The first-order valence-corrected chi connectivity index (χ1v) is 8.71. The molecule has 1 rings (SSSR count). The van der Waals surface area contributed by atoms with Crippen molar-refractivity contribution in [1.29, 1.82) is 0 Å². The second-order valence-corrected chi connectivity index (χ2v) is 6.85. The van der Waals surface area contributed by atoms with Gasteiger partial charge in [-0.05, 0) is 49.8 Å². The maximum atomic E-state index is 11.6. The maximum Gasteiger partial charge on any atom is 1.00 e. The summed E-state index contributed by atoms with van der Waals surface area (Å²) in [5.41, 5.74) is 0.393. The Bertz CT molecular complexity index is 448. The summed E-state index contributed by atoms with van der Waals surface area (Å²) in [6, 6.07) is 0.191. The first-order valence-electron chi connectivity index (χ1n) is 8.71. The van der Waals surface area contributed by atoms with Crippen LogP contribution in [0.3, 0.4) is 0 Å². The number of hydrogen-bond acceptors (Lipinski definition) is 4. The molecule has 0 saturated heterocycles. The molecule has 1 amide bonds. The average molecular weight is 346 g/mol. The van der Waals surface area contributed by atoms with Gasteiger partial charge < -0.3 is 20.1 Å². The minimum atomic E-state index is -1.07. The fourth-order valence-electron chi connectivity index (χ4n) is 3.70. The van der Waals surface area contributed by atoms with Crippen LogP contribution < -0.4 is 40.0 Å². The quantitative estimate of drug-likeness (QED) is 0.534. The summed E-state index contributed by atoms with van der Waals surface area (Å²) in [7, 11) is 0. The van der Waals surface area contributed by atoms with Crippen molar-refractivity contribution >= 4 is 11.9 Å². The number of nitrogens with one attached hydrogen (secondary N) is 1. The van der Waals surface area contributed by atoms with E-state index in [1.807, 2.05) is 0 Å². The van der Waals surface area contributed by atoms with Crippen LogP contribution in [0.15, 0.2) is 11.6 Å². The molecule has 0 aromatic heterocycles. The molecule has 0 aliphatic heterocycles. The van der Waals surface area contributed by atoms with E-state index in [1.54, 1.807) is 13.0 Å². The number of carboxylic acids is 1. The van der Waals surface area contributed by atoms with Gasteiger partial charge in [-0.15, -0.1) is 0 Å². The van der Waals surface area contributed by atoms with Crippen LogP contribution in [0.2, 0.25) is 0 Å². The Morgan fingerprint density at radius 3 is 2.33 bits per heavy atom. The molecule has 5 nitrogen and oxygen atoms in total. The molecule has 1 aliphatic rings. The van der Waals surface area contributed by atoms with Gasteiger partial charge in [0, 0.05) is 19.0 Å². The Kier molecular flexibility index (Phi) is 11.1. The van der Waals surface area contributed by atoms with Gasteiger partial charge in [-0.25, -0.2) is 0 Å². The molecule has 132 valence electrons. The molecular weight excluding hydrogens is 315 g/mol. The van der Waals surface area contributed by atoms with E-state index in [1.165, 1.54) is 0 Å². The van der Waals surface area contributed by atoms with E-state index in [4.69, 9.17) is 0 Å². The Balaban J connectivity index is 0.00000529. The van der Waals surface area contributed by atoms with Crippen LogP contribution >= 0.6 is 0 Å². The Morgan fingerprint density at radius 2 is 1.92 bits per heavy atom. The van der Waals surface area contributed by atoms with Crippen molar-refractivity contribution in [1.82, 2.24) is 10.2 Å². The summed E-state index contributed by atoms with van der Waals surface area (Å²) in [4.78, 5) is 25.2. The third-order valence-corrected chi connectivity index (χ3v) is 4.73. The van der Waals surface area contributed by atoms with Crippen molar-refractivity contribution in [2.45, 2.75) is 66.0 Å². The number of amides is 1. The van der Waals surface area contributed by atoms with Crippen molar-refractivity contribution in [3.8, 4) is 0 Å². The molecular formula is C18H31N2NaO3. The smallest absolute Gasteiger partial charge is 0.545 e. The zero-order valence-electron chi connectivity index (χ0n) is 16.1. The number of allylic oxidation sites excluding steroid dienone is 1. The fourth-order valence-corrected chi connectivity index (χ4v) is 3.70. The fraction of sp³-hybridized carbons (Fsp3) is 0.778. The zero-order chi connectivity index (χ0) is 17.6. The second-order valence-electron chi connectivity index (χ2n) is 6.85. The van der Waals surface area contributed by atoms with Crippen LogP contribution in [0.1, 0.15) is 53.9 Å². The summed E-state index contributed by atoms with van der Waals surface area (Å²) >= 11 is 0. The van der Waals surface area contributed by atoms with E-state index in [9.17, 15) is 14.7 Å². The number of carbonyl (C=O) groups is 2. The molecule has 24 heavy (non-hydrogen) atoms. The SMILES string of the molecule is CCN(CC)C1CC(C(=O)[O-])=CCC1C(CC(C)C)NC(C)=O.[Na+]. The van der Waals surface area contributed by atoms with E-state index in [2.05, 4.69) is 37.9 Å². The molecule has 6 heteroatoms. The van der Waals surface area contributed by atoms with E-state index in [0.29, 0.717) is 24.3 Å². The van der Waals surface area contributed by atoms with Gasteiger partial charge in [0.15, 0.2) is 0 Å². The molecule has 3 atom stereocenters. The molecule has 0 bridgehead atoms. The largest absolute Gasteiger partial charge is 1.00 e. The average Bonchev–Trinajstić information content (AvgIpc) is 2.46. The predicted molar refractivity (Wildman–Crippen MR) is 89.6 cm³/mol. The maximum absolute atomic E-state index is 11.6. The Hall–Kier alpha value is -0.360. The van der Waals surface area contributed by atoms with Crippen LogP contribution in [0.25, 0.3) is 0 Å². The minimum Gasteiger partial charge on any atom is -0.545 e. The molecule has 3 unspecified atom stereocenters. The minimum absolute atomic E-state index is 0. The van der Waals surface area contributed by atoms with E-state index in [0.717, 1.165) is 19.5 Å². The van der Waals surface area contributed by atoms with Crippen molar-refractivity contribution in [2.24, 2.45) is 11.8 Å². The van der Waals surface area contributed by atoms with Crippen molar-refractivity contribution in [3.63, 3.8) is 0 Å². The standard InChI is InChI=1S/C18H32N2O3.Na/c1-6-20(7-2)17-11-14(18(22)23)8-9-15(17)16(10-12(3)4)19-13(5)21;/h8,12,15-17H,6-7,9-11H2,1-5H3,(H,19,21)(H,22,23);/q;+1/p-1. The summed E-state index contributed by atoms with van der Waals surface area (Å²) < 4.78 is 0. The molecule has 1 N–H and O–H groups in total. The van der Waals surface area contributed by atoms with Gasteiger partial charge in [-0.2, -0.15) is 0 Å².